The van der Waals surface area contributed by atoms with E-state index in [-0.39, 0.29) is 5.91 Å². The Morgan fingerprint density at radius 1 is 1.59 bits per heavy atom. The predicted octanol–water partition coefficient (Wildman–Crippen LogP) is 1.72. The van der Waals surface area contributed by atoms with Crippen molar-refractivity contribution >= 4 is 11.6 Å². The molecule has 0 bridgehead atoms. The number of amides is 1. The van der Waals surface area contributed by atoms with E-state index in [0.717, 1.165) is 19.3 Å². The van der Waals surface area contributed by atoms with Crippen molar-refractivity contribution in [2.24, 2.45) is 0 Å². The lowest BCUT2D eigenvalue weighted by atomic mass is 10.2. The van der Waals surface area contributed by atoms with E-state index < -0.39 is 0 Å². The maximum atomic E-state index is 12.0. The number of nitrogen functional groups attached to an aromatic ring is 1. The molecule has 0 aliphatic heterocycles. The molecule has 0 atom stereocenters. The zero-order valence-corrected chi connectivity index (χ0v) is 10.3. The number of nitrogens with one attached hydrogen (secondary N) is 1. The van der Waals surface area contributed by atoms with Crippen LogP contribution in [0.25, 0.3) is 0 Å². The Hall–Kier alpha value is -1.52. The molecule has 1 aromatic heterocycles. The number of hydrogen-bond donors (Lipinski definition) is 2. The molecule has 0 aromatic carbocycles. The average molecular weight is 236 g/mol. The van der Waals surface area contributed by atoms with Crippen LogP contribution in [0.3, 0.4) is 0 Å². The monoisotopic (exact) mass is 236 g/mol. The summed E-state index contributed by atoms with van der Waals surface area (Å²) >= 11 is 0. The molecule has 17 heavy (non-hydrogen) atoms. The van der Waals surface area contributed by atoms with Crippen LogP contribution in [0.2, 0.25) is 0 Å². The Labute approximate surface area is 101 Å². The zero-order valence-electron chi connectivity index (χ0n) is 10.3. The summed E-state index contributed by atoms with van der Waals surface area (Å²) in [5.74, 6) is -0.103. The molecule has 1 saturated carbocycles. The van der Waals surface area contributed by atoms with Crippen molar-refractivity contribution in [1.82, 2.24) is 15.1 Å². The third kappa shape index (κ3) is 2.43. The smallest absolute Gasteiger partial charge is 0.271 e. The van der Waals surface area contributed by atoms with Crippen LogP contribution < -0.4 is 11.1 Å². The summed E-state index contributed by atoms with van der Waals surface area (Å²) in [6, 6.07) is 0.342. The van der Waals surface area contributed by atoms with Gasteiger partial charge in [0, 0.05) is 6.54 Å². The summed E-state index contributed by atoms with van der Waals surface area (Å²) in [4.78, 5) is 12.0. The van der Waals surface area contributed by atoms with Crippen LogP contribution in [0.4, 0.5) is 5.69 Å². The Morgan fingerprint density at radius 2 is 2.29 bits per heavy atom. The van der Waals surface area contributed by atoms with Gasteiger partial charge >= 0.3 is 0 Å². The molecule has 94 valence electrons. The third-order valence-electron chi connectivity index (χ3n) is 3.24. The van der Waals surface area contributed by atoms with Crippen LogP contribution in [0, 0.1) is 0 Å². The Morgan fingerprint density at radius 3 is 2.94 bits per heavy atom. The van der Waals surface area contributed by atoms with Crippen LogP contribution in [-0.2, 0) is 0 Å². The van der Waals surface area contributed by atoms with E-state index in [1.54, 1.807) is 6.20 Å². The van der Waals surface area contributed by atoms with Crippen molar-refractivity contribution in [1.29, 1.82) is 0 Å². The summed E-state index contributed by atoms with van der Waals surface area (Å²) in [6.45, 7) is 2.70. The lowest BCUT2D eigenvalue weighted by Gasteiger charge is -2.14. The summed E-state index contributed by atoms with van der Waals surface area (Å²) in [5.41, 5.74) is 6.85. The van der Waals surface area contributed by atoms with Crippen molar-refractivity contribution in [3.05, 3.63) is 11.9 Å². The summed E-state index contributed by atoms with van der Waals surface area (Å²) in [5, 5.41) is 7.12. The van der Waals surface area contributed by atoms with Gasteiger partial charge in [-0.15, -0.1) is 0 Å². The van der Waals surface area contributed by atoms with Gasteiger partial charge < -0.3 is 11.1 Å². The first kappa shape index (κ1) is 12.0. The van der Waals surface area contributed by atoms with Gasteiger partial charge in [-0.25, -0.2) is 0 Å². The molecule has 1 fully saturated rings. The molecule has 0 saturated heterocycles. The van der Waals surface area contributed by atoms with E-state index in [4.69, 9.17) is 5.73 Å². The third-order valence-corrected chi connectivity index (χ3v) is 3.24. The Balaban J connectivity index is 2.19. The number of nitrogens with zero attached hydrogens (tertiary/aromatic N) is 2. The number of carbonyl (C=O) groups excluding carboxylic acids is 1. The number of carbonyl (C=O) groups is 1. The van der Waals surface area contributed by atoms with E-state index in [9.17, 15) is 4.79 Å². The second-order valence-electron chi connectivity index (χ2n) is 4.59. The van der Waals surface area contributed by atoms with E-state index >= 15 is 0 Å². The normalized spacial score (nSPS) is 16.3. The van der Waals surface area contributed by atoms with Gasteiger partial charge in [0.1, 0.15) is 5.69 Å². The molecule has 5 nitrogen and oxygen atoms in total. The maximum absolute atomic E-state index is 12.0. The maximum Gasteiger partial charge on any atom is 0.271 e. The first-order valence-electron chi connectivity index (χ1n) is 6.35. The van der Waals surface area contributed by atoms with Crippen LogP contribution >= 0.6 is 0 Å². The topological polar surface area (TPSA) is 72.9 Å². The highest BCUT2D eigenvalue weighted by molar-refractivity contribution is 5.97. The van der Waals surface area contributed by atoms with Crippen LogP contribution in [0.5, 0.6) is 0 Å². The molecule has 0 radical (unpaired) electrons. The molecule has 1 aliphatic rings. The minimum atomic E-state index is -0.103. The molecule has 5 heteroatoms. The molecule has 1 heterocycles. The highest BCUT2D eigenvalue weighted by atomic mass is 16.2. The first-order chi connectivity index (χ1) is 8.24. The van der Waals surface area contributed by atoms with Gasteiger partial charge in [-0.05, 0) is 19.3 Å². The molecule has 2 rings (SSSR count). The standard InChI is InChI=1S/C12H20N4O/c1-2-7-14-12(17)11-10(13)8-15-16(11)9-5-3-4-6-9/h8-9H,2-7,13H2,1H3,(H,14,17). The zero-order chi connectivity index (χ0) is 12.3. The van der Waals surface area contributed by atoms with Crippen molar-refractivity contribution in [3.63, 3.8) is 0 Å². The minimum absolute atomic E-state index is 0.103. The highest BCUT2D eigenvalue weighted by Gasteiger charge is 2.24. The fourth-order valence-corrected chi connectivity index (χ4v) is 2.36. The number of anilines is 1. The molecule has 1 aromatic rings. The highest BCUT2D eigenvalue weighted by Crippen LogP contribution is 2.31. The average Bonchev–Trinajstić information content (AvgIpc) is 2.94. The second-order valence-corrected chi connectivity index (χ2v) is 4.59. The summed E-state index contributed by atoms with van der Waals surface area (Å²) in [7, 11) is 0. The quantitative estimate of drug-likeness (QED) is 0.836. The van der Waals surface area contributed by atoms with E-state index in [2.05, 4.69) is 10.4 Å². The van der Waals surface area contributed by atoms with Crippen LogP contribution in [0.1, 0.15) is 55.6 Å². The number of rotatable bonds is 4. The van der Waals surface area contributed by atoms with Crippen molar-refractivity contribution in [3.8, 4) is 0 Å². The molecular formula is C12H20N4O. The van der Waals surface area contributed by atoms with E-state index in [1.807, 2.05) is 11.6 Å². The first-order valence-corrected chi connectivity index (χ1v) is 6.35. The van der Waals surface area contributed by atoms with E-state index in [0.29, 0.717) is 24.0 Å². The molecule has 1 amide bonds. The Bertz CT molecular complexity index is 393. The van der Waals surface area contributed by atoms with Gasteiger partial charge in [0.15, 0.2) is 0 Å². The van der Waals surface area contributed by atoms with E-state index in [1.165, 1.54) is 12.8 Å². The van der Waals surface area contributed by atoms with Crippen LogP contribution in [-0.4, -0.2) is 22.2 Å². The largest absolute Gasteiger partial charge is 0.396 e. The van der Waals surface area contributed by atoms with Crippen LogP contribution in [0.15, 0.2) is 6.20 Å². The van der Waals surface area contributed by atoms with Gasteiger partial charge in [-0.1, -0.05) is 19.8 Å². The second kappa shape index (κ2) is 5.21. The van der Waals surface area contributed by atoms with Gasteiger partial charge in [-0.2, -0.15) is 5.10 Å². The minimum Gasteiger partial charge on any atom is -0.396 e. The van der Waals surface area contributed by atoms with Gasteiger partial charge in [0.25, 0.3) is 5.91 Å². The van der Waals surface area contributed by atoms with Crippen molar-refractivity contribution in [2.45, 2.75) is 45.1 Å². The molecule has 3 N–H and O–H groups in total. The fourth-order valence-electron chi connectivity index (χ4n) is 2.36. The molecular weight excluding hydrogens is 216 g/mol. The summed E-state index contributed by atoms with van der Waals surface area (Å²) < 4.78 is 1.81. The molecule has 0 spiro atoms. The number of aromatic nitrogens is 2. The number of nitrogens with two attached hydrogens (primary N) is 1. The van der Waals surface area contributed by atoms with Crippen molar-refractivity contribution in [2.75, 3.05) is 12.3 Å². The fraction of sp³-hybridized carbons (Fsp3) is 0.667. The lowest BCUT2D eigenvalue weighted by molar-refractivity contribution is 0.0941. The van der Waals surface area contributed by atoms with Crippen molar-refractivity contribution < 1.29 is 4.79 Å². The Kier molecular flexibility index (Phi) is 3.66. The molecule has 0 unspecified atom stereocenters. The SMILES string of the molecule is CCCNC(=O)c1c(N)cnn1C1CCCC1. The number of hydrogen-bond acceptors (Lipinski definition) is 3. The van der Waals surface area contributed by atoms with Gasteiger partial charge in [0.2, 0.25) is 0 Å². The summed E-state index contributed by atoms with van der Waals surface area (Å²) in [6.07, 6.45) is 7.10. The molecule has 1 aliphatic carbocycles. The predicted molar refractivity (Wildman–Crippen MR) is 66.8 cm³/mol. The lowest BCUT2D eigenvalue weighted by Crippen LogP contribution is -2.28. The van der Waals surface area contributed by atoms with Gasteiger partial charge in [-0.3, -0.25) is 9.48 Å². The van der Waals surface area contributed by atoms with Gasteiger partial charge in [0.05, 0.1) is 17.9 Å².